The number of rotatable bonds is 42. The van der Waals surface area contributed by atoms with E-state index in [0.29, 0.717) is 19.3 Å². The molecule has 1 atom stereocenters. The predicted octanol–water partition coefficient (Wildman–Crippen LogP) is 15.0. The first-order chi connectivity index (χ1) is 27.0. The van der Waals surface area contributed by atoms with Gasteiger partial charge in [0.1, 0.15) is 13.2 Å². The zero-order chi connectivity index (χ0) is 40.1. The van der Waals surface area contributed by atoms with Crippen molar-refractivity contribution >= 4 is 17.9 Å². The molecular formula is C49H88O6. The molecule has 6 nitrogen and oxygen atoms in total. The number of esters is 3. The van der Waals surface area contributed by atoms with Crippen LogP contribution in [0.5, 0.6) is 0 Å². The molecule has 0 aromatic rings. The molecule has 0 spiro atoms. The normalized spacial score (nSPS) is 12.3. The third kappa shape index (κ3) is 42.6. The summed E-state index contributed by atoms with van der Waals surface area (Å²) in [5.41, 5.74) is 0. The maximum Gasteiger partial charge on any atom is 0.306 e. The molecule has 0 aliphatic heterocycles. The minimum absolute atomic E-state index is 0.0780. The highest BCUT2D eigenvalue weighted by Gasteiger charge is 2.19. The second-order valence-electron chi connectivity index (χ2n) is 15.7. The standard InChI is InChI=1S/C49H88O6/c1-4-7-10-13-16-19-22-23-24-25-28-30-33-36-39-42-48(51)54-45-46(55-49(52)43-40-37-34-31-27-21-18-15-12-9-6-3)44-53-47(50)41-38-35-32-29-26-20-17-14-11-8-5-2/h15-16,18-19,23-24,46H,4-14,17,20-22,25-45H2,1-3H3/b18-15-,19-16-,24-23-/t46-/m1/s1. The summed E-state index contributed by atoms with van der Waals surface area (Å²) >= 11 is 0. The third-order valence-electron chi connectivity index (χ3n) is 10.1. The summed E-state index contributed by atoms with van der Waals surface area (Å²) in [5, 5.41) is 0. The van der Waals surface area contributed by atoms with E-state index in [1.165, 1.54) is 109 Å². The molecule has 6 heteroatoms. The van der Waals surface area contributed by atoms with Crippen LogP contribution in [0.25, 0.3) is 0 Å². The highest BCUT2D eigenvalue weighted by Crippen LogP contribution is 2.14. The summed E-state index contributed by atoms with van der Waals surface area (Å²) in [6, 6.07) is 0. The van der Waals surface area contributed by atoms with Crippen LogP contribution in [0.4, 0.5) is 0 Å². The molecule has 320 valence electrons. The topological polar surface area (TPSA) is 78.9 Å². The molecule has 0 aromatic heterocycles. The van der Waals surface area contributed by atoms with E-state index in [9.17, 15) is 14.4 Å². The summed E-state index contributed by atoms with van der Waals surface area (Å²) in [5.74, 6) is -0.900. The van der Waals surface area contributed by atoms with E-state index < -0.39 is 6.10 Å². The quantitative estimate of drug-likeness (QED) is 0.0266. The van der Waals surface area contributed by atoms with Gasteiger partial charge in [0, 0.05) is 19.3 Å². The Morgan fingerprint density at radius 1 is 0.364 bits per heavy atom. The number of allylic oxidation sites excluding steroid dienone is 6. The first-order valence-corrected chi connectivity index (χ1v) is 23.5. The molecule has 0 amide bonds. The maximum absolute atomic E-state index is 12.7. The first-order valence-electron chi connectivity index (χ1n) is 23.5. The number of hydrogen-bond donors (Lipinski definition) is 0. The lowest BCUT2D eigenvalue weighted by Gasteiger charge is -2.18. The Hall–Kier alpha value is -2.37. The molecule has 0 rings (SSSR count). The van der Waals surface area contributed by atoms with Crippen molar-refractivity contribution < 1.29 is 28.6 Å². The van der Waals surface area contributed by atoms with E-state index >= 15 is 0 Å². The smallest absolute Gasteiger partial charge is 0.306 e. The highest BCUT2D eigenvalue weighted by molar-refractivity contribution is 5.71. The summed E-state index contributed by atoms with van der Waals surface area (Å²) < 4.78 is 16.7. The van der Waals surface area contributed by atoms with Crippen molar-refractivity contribution in [3.05, 3.63) is 36.5 Å². The fraction of sp³-hybridized carbons (Fsp3) is 0.816. The monoisotopic (exact) mass is 773 g/mol. The van der Waals surface area contributed by atoms with E-state index in [4.69, 9.17) is 14.2 Å². The third-order valence-corrected chi connectivity index (χ3v) is 10.1. The molecule has 0 fully saturated rings. The fourth-order valence-corrected chi connectivity index (χ4v) is 6.51. The average Bonchev–Trinajstić information content (AvgIpc) is 3.18. The van der Waals surface area contributed by atoms with Crippen molar-refractivity contribution in [2.75, 3.05) is 13.2 Å². The zero-order valence-corrected chi connectivity index (χ0v) is 36.4. The van der Waals surface area contributed by atoms with E-state index in [0.717, 1.165) is 89.9 Å². The largest absolute Gasteiger partial charge is 0.462 e. The lowest BCUT2D eigenvalue weighted by Crippen LogP contribution is -2.30. The summed E-state index contributed by atoms with van der Waals surface area (Å²) in [7, 11) is 0. The van der Waals surface area contributed by atoms with Gasteiger partial charge in [-0.25, -0.2) is 0 Å². The van der Waals surface area contributed by atoms with Crippen molar-refractivity contribution in [3.63, 3.8) is 0 Å². The molecule has 0 unspecified atom stereocenters. The SMILES string of the molecule is CCCC/C=C\CCCCCCCC(=O)O[C@@H](COC(=O)CCCCCCC/C=C\C/C=C\CCCCC)COC(=O)CCCCCCCCCCCCC. The zero-order valence-electron chi connectivity index (χ0n) is 36.4. The Morgan fingerprint density at radius 2 is 0.673 bits per heavy atom. The van der Waals surface area contributed by atoms with Crippen LogP contribution in [-0.2, 0) is 28.6 Å². The lowest BCUT2D eigenvalue weighted by atomic mass is 10.1. The van der Waals surface area contributed by atoms with Crippen molar-refractivity contribution in [3.8, 4) is 0 Å². The highest BCUT2D eigenvalue weighted by atomic mass is 16.6. The number of hydrogen-bond acceptors (Lipinski definition) is 6. The Bertz CT molecular complexity index is 938. The van der Waals surface area contributed by atoms with Crippen molar-refractivity contribution in [2.24, 2.45) is 0 Å². The molecule has 0 bridgehead atoms. The summed E-state index contributed by atoms with van der Waals surface area (Å²) in [4.78, 5) is 37.7. The molecule has 0 radical (unpaired) electrons. The van der Waals surface area contributed by atoms with Crippen molar-refractivity contribution in [1.29, 1.82) is 0 Å². The number of ether oxygens (including phenoxy) is 3. The van der Waals surface area contributed by atoms with Crippen molar-refractivity contribution in [2.45, 2.75) is 245 Å². The van der Waals surface area contributed by atoms with E-state index in [1.807, 2.05) is 0 Å². The van der Waals surface area contributed by atoms with Crippen LogP contribution in [0.2, 0.25) is 0 Å². The summed E-state index contributed by atoms with van der Waals surface area (Å²) in [6.07, 6.45) is 49.8. The Morgan fingerprint density at radius 3 is 1.11 bits per heavy atom. The van der Waals surface area contributed by atoms with E-state index in [1.54, 1.807) is 0 Å². The molecule has 0 aliphatic carbocycles. The second kappa shape index (κ2) is 44.3. The van der Waals surface area contributed by atoms with Crippen LogP contribution >= 0.6 is 0 Å². The number of carbonyl (C=O) groups excluding carboxylic acids is 3. The van der Waals surface area contributed by atoms with E-state index in [-0.39, 0.29) is 31.1 Å². The number of unbranched alkanes of at least 4 members (excludes halogenated alkanes) is 25. The molecule has 0 aliphatic rings. The molecule has 0 heterocycles. The van der Waals surface area contributed by atoms with Crippen LogP contribution < -0.4 is 0 Å². The maximum atomic E-state index is 12.7. The van der Waals surface area contributed by atoms with Crippen LogP contribution in [0, 0.1) is 0 Å². The molecule has 0 saturated carbocycles. The molecule has 55 heavy (non-hydrogen) atoms. The van der Waals surface area contributed by atoms with Gasteiger partial charge in [-0.15, -0.1) is 0 Å². The predicted molar refractivity (Wildman–Crippen MR) is 233 cm³/mol. The molecular weight excluding hydrogens is 685 g/mol. The molecule has 0 saturated heterocycles. The van der Waals surface area contributed by atoms with Gasteiger partial charge < -0.3 is 14.2 Å². The van der Waals surface area contributed by atoms with Gasteiger partial charge in [0.2, 0.25) is 0 Å². The minimum Gasteiger partial charge on any atom is -0.462 e. The van der Waals surface area contributed by atoms with E-state index in [2.05, 4.69) is 57.2 Å². The lowest BCUT2D eigenvalue weighted by molar-refractivity contribution is -0.167. The first kappa shape index (κ1) is 52.6. The Labute approximate surface area is 340 Å². The van der Waals surface area contributed by atoms with Gasteiger partial charge >= 0.3 is 17.9 Å². The van der Waals surface area contributed by atoms with Crippen LogP contribution in [-0.4, -0.2) is 37.2 Å². The van der Waals surface area contributed by atoms with Gasteiger partial charge in [0.15, 0.2) is 6.10 Å². The van der Waals surface area contributed by atoms with Crippen LogP contribution in [0.15, 0.2) is 36.5 Å². The van der Waals surface area contributed by atoms with Gasteiger partial charge in [-0.05, 0) is 70.6 Å². The van der Waals surface area contributed by atoms with Gasteiger partial charge in [0.05, 0.1) is 0 Å². The second-order valence-corrected chi connectivity index (χ2v) is 15.7. The van der Waals surface area contributed by atoms with Gasteiger partial charge in [-0.3, -0.25) is 14.4 Å². The fourth-order valence-electron chi connectivity index (χ4n) is 6.51. The van der Waals surface area contributed by atoms with Crippen LogP contribution in [0.3, 0.4) is 0 Å². The Kier molecular flexibility index (Phi) is 42.4. The summed E-state index contributed by atoms with van der Waals surface area (Å²) in [6.45, 7) is 6.54. The van der Waals surface area contributed by atoms with Gasteiger partial charge in [-0.1, -0.05) is 186 Å². The Balaban J connectivity index is 4.38. The molecule has 0 N–H and O–H groups in total. The molecule has 0 aromatic carbocycles. The van der Waals surface area contributed by atoms with Crippen molar-refractivity contribution in [1.82, 2.24) is 0 Å². The van der Waals surface area contributed by atoms with Gasteiger partial charge in [0.25, 0.3) is 0 Å². The average molecular weight is 773 g/mol. The van der Waals surface area contributed by atoms with Gasteiger partial charge in [-0.2, -0.15) is 0 Å². The minimum atomic E-state index is -0.776. The number of carbonyl (C=O) groups is 3. The van der Waals surface area contributed by atoms with Crippen LogP contribution in [0.1, 0.15) is 239 Å².